The summed E-state index contributed by atoms with van der Waals surface area (Å²) in [5, 5.41) is 0. The summed E-state index contributed by atoms with van der Waals surface area (Å²) in [5.74, 6) is 2.41. The number of thiol groups is 1. The first-order valence-corrected chi connectivity index (χ1v) is 8.50. The Balaban J connectivity index is 2.71. The Hall–Kier alpha value is -0.180. The van der Waals surface area contributed by atoms with Crippen LogP contribution in [0.25, 0.3) is 0 Å². The van der Waals surface area contributed by atoms with Crippen LogP contribution in [0.3, 0.4) is 0 Å². The van der Waals surface area contributed by atoms with Crippen LogP contribution < -0.4 is 0 Å². The van der Waals surface area contributed by atoms with Crippen molar-refractivity contribution < 1.29 is 4.79 Å². The molecule has 0 aliphatic carbocycles. The summed E-state index contributed by atoms with van der Waals surface area (Å²) < 4.78 is 0. The number of carbonyl (C=O) groups excluding carboxylic acids is 1. The second-order valence-corrected chi connectivity index (χ2v) is 6.96. The van der Waals surface area contributed by atoms with Gasteiger partial charge in [-0.1, -0.05) is 40.5 Å². The lowest BCUT2D eigenvalue weighted by Crippen LogP contribution is -2.40. The smallest absolute Gasteiger partial charge is 0.222 e. The minimum atomic E-state index is 0.230. The van der Waals surface area contributed by atoms with Crippen LogP contribution in [-0.2, 0) is 4.79 Å². The number of nitrogens with zero attached hydrogens (tertiary/aromatic N) is 1. The van der Waals surface area contributed by atoms with Gasteiger partial charge in [-0.15, -0.1) is 0 Å². The summed E-state index contributed by atoms with van der Waals surface area (Å²) in [4.78, 5) is 14.3. The lowest BCUT2D eigenvalue weighted by atomic mass is 9.80. The third kappa shape index (κ3) is 4.40. The van der Waals surface area contributed by atoms with E-state index in [0.717, 1.165) is 25.3 Å². The summed E-state index contributed by atoms with van der Waals surface area (Å²) in [6.45, 7) is 10.8. The first-order valence-electron chi connectivity index (χ1n) is 7.86. The van der Waals surface area contributed by atoms with E-state index in [1.807, 2.05) is 0 Å². The lowest BCUT2D eigenvalue weighted by Gasteiger charge is -2.36. The van der Waals surface area contributed by atoms with E-state index in [2.05, 4.69) is 45.2 Å². The highest BCUT2D eigenvalue weighted by atomic mass is 32.1. The molecule has 0 aromatic heterocycles. The fourth-order valence-electron chi connectivity index (χ4n) is 3.36. The second-order valence-electron chi connectivity index (χ2n) is 6.64. The van der Waals surface area contributed by atoms with Crippen molar-refractivity contribution in [2.75, 3.05) is 18.8 Å². The SMILES string of the molecule is CCCC(CS)(CCC)CN1CC(C(C)C)CC1=O. The molecule has 1 unspecified atom stereocenters. The molecule has 112 valence electrons. The fourth-order valence-corrected chi connectivity index (χ4v) is 3.78. The van der Waals surface area contributed by atoms with Crippen molar-refractivity contribution in [3.8, 4) is 0 Å². The Morgan fingerprint density at radius 1 is 1.32 bits per heavy atom. The molecule has 2 nitrogen and oxygen atoms in total. The van der Waals surface area contributed by atoms with E-state index in [1.165, 1.54) is 25.7 Å². The quantitative estimate of drug-likeness (QED) is 0.668. The molecule has 0 N–H and O–H groups in total. The van der Waals surface area contributed by atoms with Crippen LogP contribution in [0, 0.1) is 17.3 Å². The van der Waals surface area contributed by atoms with E-state index in [0.29, 0.717) is 17.7 Å². The standard InChI is InChI=1S/C16H31NOS/c1-5-7-16(12-19,8-6-2)11-17-10-14(13(3)4)9-15(17)18/h13-14,19H,5-12H2,1-4H3. The van der Waals surface area contributed by atoms with Crippen molar-refractivity contribution in [2.45, 2.75) is 59.8 Å². The molecular formula is C16H31NOS. The van der Waals surface area contributed by atoms with Crippen molar-refractivity contribution in [3.05, 3.63) is 0 Å². The summed E-state index contributed by atoms with van der Waals surface area (Å²) in [7, 11) is 0. The van der Waals surface area contributed by atoms with Crippen LogP contribution in [-0.4, -0.2) is 29.6 Å². The number of likely N-dealkylation sites (tertiary alicyclic amines) is 1. The Morgan fingerprint density at radius 3 is 2.26 bits per heavy atom. The predicted octanol–water partition coefficient (Wildman–Crippen LogP) is 4.01. The van der Waals surface area contributed by atoms with Gasteiger partial charge in [0.05, 0.1) is 0 Å². The first kappa shape index (κ1) is 16.9. The molecule has 0 aromatic carbocycles. The Bertz CT molecular complexity index is 284. The summed E-state index contributed by atoms with van der Waals surface area (Å²) in [6, 6.07) is 0. The Labute approximate surface area is 124 Å². The minimum Gasteiger partial charge on any atom is -0.342 e. The van der Waals surface area contributed by atoms with Crippen LogP contribution in [0.1, 0.15) is 59.8 Å². The Morgan fingerprint density at radius 2 is 1.89 bits per heavy atom. The van der Waals surface area contributed by atoms with Gasteiger partial charge in [-0.25, -0.2) is 0 Å². The molecule has 1 saturated heterocycles. The molecule has 1 aliphatic heterocycles. The van der Waals surface area contributed by atoms with Crippen LogP contribution in [0.15, 0.2) is 0 Å². The fraction of sp³-hybridized carbons (Fsp3) is 0.938. The third-order valence-electron chi connectivity index (χ3n) is 4.61. The maximum Gasteiger partial charge on any atom is 0.222 e. The highest BCUT2D eigenvalue weighted by Gasteiger charge is 2.37. The van der Waals surface area contributed by atoms with Gasteiger partial charge in [0.25, 0.3) is 0 Å². The number of rotatable bonds is 8. The van der Waals surface area contributed by atoms with Gasteiger partial charge in [-0.05, 0) is 35.8 Å². The summed E-state index contributed by atoms with van der Waals surface area (Å²) in [5.41, 5.74) is 0.230. The lowest BCUT2D eigenvalue weighted by molar-refractivity contribution is -0.129. The van der Waals surface area contributed by atoms with E-state index in [4.69, 9.17) is 0 Å². The molecule has 1 rings (SSSR count). The van der Waals surface area contributed by atoms with Gasteiger partial charge < -0.3 is 4.90 Å². The largest absolute Gasteiger partial charge is 0.342 e. The first-order chi connectivity index (χ1) is 8.98. The molecule has 0 radical (unpaired) electrons. The van der Waals surface area contributed by atoms with E-state index in [9.17, 15) is 4.79 Å². The van der Waals surface area contributed by atoms with Gasteiger partial charge >= 0.3 is 0 Å². The molecule has 19 heavy (non-hydrogen) atoms. The van der Waals surface area contributed by atoms with E-state index in [-0.39, 0.29) is 5.41 Å². The molecular weight excluding hydrogens is 254 g/mol. The molecule has 1 amide bonds. The van der Waals surface area contributed by atoms with E-state index >= 15 is 0 Å². The highest BCUT2D eigenvalue weighted by molar-refractivity contribution is 7.80. The van der Waals surface area contributed by atoms with Crippen LogP contribution in [0.4, 0.5) is 0 Å². The predicted molar refractivity (Wildman–Crippen MR) is 85.6 cm³/mol. The average Bonchev–Trinajstić information content (AvgIpc) is 2.71. The highest BCUT2D eigenvalue weighted by Crippen LogP contribution is 2.35. The topological polar surface area (TPSA) is 20.3 Å². The maximum atomic E-state index is 12.2. The molecule has 1 heterocycles. The normalized spacial score (nSPS) is 20.6. The van der Waals surface area contributed by atoms with Crippen molar-refractivity contribution in [2.24, 2.45) is 17.3 Å². The zero-order chi connectivity index (χ0) is 14.5. The van der Waals surface area contributed by atoms with Gasteiger partial charge in [0, 0.05) is 19.5 Å². The van der Waals surface area contributed by atoms with Crippen molar-refractivity contribution >= 4 is 18.5 Å². The molecule has 1 fully saturated rings. The van der Waals surface area contributed by atoms with Gasteiger partial charge in [0.15, 0.2) is 0 Å². The molecule has 0 saturated carbocycles. The van der Waals surface area contributed by atoms with Crippen LogP contribution in [0.5, 0.6) is 0 Å². The molecule has 0 bridgehead atoms. The van der Waals surface area contributed by atoms with Crippen molar-refractivity contribution in [3.63, 3.8) is 0 Å². The zero-order valence-corrected chi connectivity index (χ0v) is 14.0. The van der Waals surface area contributed by atoms with Crippen molar-refractivity contribution in [1.82, 2.24) is 4.90 Å². The number of hydrogen-bond acceptors (Lipinski definition) is 2. The van der Waals surface area contributed by atoms with Crippen LogP contribution in [0.2, 0.25) is 0 Å². The van der Waals surface area contributed by atoms with Crippen molar-refractivity contribution in [1.29, 1.82) is 0 Å². The molecule has 0 spiro atoms. The van der Waals surface area contributed by atoms with Gasteiger partial charge in [-0.2, -0.15) is 12.6 Å². The number of hydrogen-bond donors (Lipinski definition) is 1. The van der Waals surface area contributed by atoms with E-state index in [1.54, 1.807) is 0 Å². The summed E-state index contributed by atoms with van der Waals surface area (Å²) in [6.07, 6.45) is 5.46. The molecule has 1 atom stereocenters. The average molecular weight is 285 g/mol. The van der Waals surface area contributed by atoms with Gasteiger partial charge in [-0.3, -0.25) is 4.79 Å². The van der Waals surface area contributed by atoms with E-state index < -0.39 is 0 Å². The zero-order valence-electron chi connectivity index (χ0n) is 13.1. The molecule has 3 heteroatoms. The minimum absolute atomic E-state index is 0.230. The molecule has 1 aliphatic rings. The maximum absolute atomic E-state index is 12.2. The number of amides is 1. The monoisotopic (exact) mass is 285 g/mol. The van der Waals surface area contributed by atoms with Gasteiger partial charge in [0.1, 0.15) is 0 Å². The Kier molecular flexibility index (Phi) is 6.72. The summed E-state index contributed by atoms with van der Waals surface area (Å²) >= 11 is 4.60. The molecule has 0 aromatic rings. The van der Waals surface area contributed by atoms with Crippen LogP contribution >= 0.6 is 12.6 Å². The number of carbonyl (C=O) groups is 1. The third-order valence-corrected chi connectivity index (χ3v) is 5.28. The second kappa shape index (κ2) is 7.56. The van der Waals surface area contributed by atoms with Gasteiger partial charge in [0.2, 0.25) is 5.91 Å².